The van der Waals surface area contributed by atoms with E-state index in [-0.39, 0.29) is 18.2 Å². The van der Waals surface area contributed by atoms with Crippen molar-refractivity contribution >= 4 is 34.5 Å². The van der Waals surface area contributed by atoms with Crippen LogP contribution >= 0.6 is 0 Å². The van der Waals surface area contributed by atoms with Crippen LogP contribution in [-0.2, 0) is 16.1 Å². The third-order valence-corrected chi connectivity index (χ3v) is 5.04. The molecule has 25 heavy (non-hydrogen) atoms. The van der Waals surface area contributed by atoms with Gasteiger partial charge in [-0.05, 0) is 37.0 Å². The molecule has 1 aliphatic carbocycles. The minimum absolute atomic E-state index is 0.132. The standard InChI is InChI=1S/C18H25N5O2/c1-22(17(25)10-12-4-2-3-5-12)13-6-7-15-14(11-13)21-18(20)23(15)9-8-16(19)24/h6-7,11-12H,2-5,8-10H2,1H3,(H2,19,24)(H2,20,21). The number of nitrogens with two attached hydrogens (primary N) is 2. The normalized spacial score (nSPS) is 14.9. The van der Waals surface area contributed by atoms with Crippen molar-refractivity contribution in [1.29, 1.82) is 0 Å². The number of hydrogen-bond donors (Lipinski definition) is 2. The molecular formula is C18H25N5O2. The third-order valence-electron chi connectivity index (χ3n) is 5.04. The Kier molecular flexibility index (Phi) is 4.92. The van der Waals surface area contributed by atoms with Gasteiger partial charge in [-0.3, -0.25) is 9.59 Å². The van der Waals surface area contributed by atoms with E-state index in [1.807, 2.05) is 18.2 Å². The molecule has 1 saturated carbocycles. The van der Waals surface area contributed by atoms with Crippen molar-refractivity contribution in [2.45, 2.75) is 45.1 Å². The molecule has 0 atom stereocenters. The fourth-order valence-electron chi connectivity index (χ4n) is 3.54. The van der Waals surface area contributed by atoms with Crippen molar-refractivity contribution in [1.82, 2.24) is 9.55 Å². The van der Waals surface area contributed by atoms with Gasteiger partial charge >= 0.3 is 0 Å². The number of aromatic nitrogens is 2. The summed E-state index contributed by atoms with van der Waals surface area (Å²) in [4.78, 5) is 29.6. The van der Waals surface area contributed by atoms with Crippen molar-refractivity contribution in [2.75, 3.05) is 17.7 Å². The summed E-state index contributed by atoms with van der Waals surface area (Å²) in [5, 5.41) is 0. The van der Waals surface area contributed by atoms with Crippen LogP contribution in [0.3, 0.4) is 0 Å². The topological polar surface area (TPSA) is 107 Å². The predicted molar refractivity (Wildman–Crippen MR) is 97.9 cm³/mol. The van der Waals surface area contributed by atoms with E-state index < -0.39 is 0 Å². The number of carbonyl (C=O) groups excluding carboxylic acids is 2. The number of benzene rings is 1. The molecule has 0 spiro atoms. The van der Waals surface area contributed by atoms with E-state index in [0.29, 0.717) is 30.3 Å². The summed E-state index contributed by atoms with van der Waals surface area (Å²) in [5.74, 6) is 0.609. The highest BCUT2D eigenvalue weighted by Crippen LogP contribution is 2.29. The van der Waals surface area contributed by atoms with Gasteiger partial charge in [0.05, 0.1) is 11.0 Å². The van der Waals surface area contributed by atoms with Gasteiger partial charge in [-0.2, -0.15) is 0 Å². The molecular weight excluding hydrogens is 318 g/mol. The number of rotatable bonds is 6. The number of fused-ring (bicyclic) bond motifs is 1. The van der Waals surface area contributed by atoms with Crippen LogP contribution < -0.4 is 16.4 Å². The minimum atomic E-state index is -0.380. The van der Waals surface area contributed by atoms with Gasteiger partial charge in [-0.15, -0.1) is 0 Å². The second-order valence-electron chi connectivity index (χ2n) is 6.82. The molecule has 0 aliphatic heterocycles. The first-order chi connectivity index (χ1) is 12.0. The van der Waals surface area contributed by atoms with Gasteiger partial charge in [0.25, 0.3) is 0 Å². The third kappa shape index (κ3) is 3.75. The number of nitrogen functional groups attached to an aromatic ring is 1. The van der Waals surface area contributed by atoms with Gasteiger partial charge in [0.15, 0.2) is 0 Å². The summed E-state index contributed by atoms with van der Waals surface area (Å²) in [7, 11) is 1.80. The second kappa shape index (κ2) is 7.13. The highest BCUT2D eigenvalue weighted by atomic mass is 16.2. The van der Waals surface area contributed by atoms with Crippen LogP contribution in [0.15, 0.2) is 18.2 Å². The molecule has 1 aromatic heterocycles. The molecule has 7 nitrogen and oxygen atoms in total. The molecule has 0 bridgehead atoms. The lowest BCUT2D eigenvalue weighted by molar-refractivity contribution is -0.119. The lowest BCUT2D eigenvalue weighted by Gasteiger charge is -2.19. The number of carbonyl (C=O) groups is 2. The first-order valence-corrected chi connectivity index (χ1v) is 8.76. The van der Waals surface area contributed by atoms with Crippen molar-refractivity contribution < 1.29 is 9.59 Å². The molecule has 2 aromatic rings. The fraction of sp³-hybridized carbons (Fsp3) is 0.500. The van der Waals surface area contributed by atoms with E-state index in [0.717, 1.165) is 24.0 Å². The van der Waals surface area contributed by atoms with Crippen LogP contribution in [0.4, 0.5) is 11.6 Å². The van der Waals surface area contributed by atoms with Crippen molar-refractivity contribution in [3.8, 4) is 0 Å². The first-order valence-electron chi connectivity index (χ1n) is 8.76. The SMILES string of the molecule is CN(C(=O)CC1CCCC1)c1ccc2c(c1)nc(N)n2CCC(N)=O. The summed E-state index contributed by atoms with van der Waals surface area (Å²) < 4.78 is 1.77. The van der Waals surface area contributed by atoms with Gasteiger partial charge in [0.1, 0.15) is 0 Å². The van der Waals surface area contributed by atoms with Gasteiger partial charge in [0, 0.05) is 32.1 Å². The summed E-state index contributed by atoms with van der Waals surface area (Å²) in [6.45, 7) is 0.396. The highest BCUT2D eigenvalue weighted by Gasteiger charge is 2.21. The zero-order valence-electron chi connectivity index (χ0n) is 14.6. The number of aryl methyl sites for hydroxylation is 1. The van der Waals surface area contributed by atoms with Crippen molar-refractivity contribution in [3.63, 3.8) is 0 Å². The Morgan fingerprint density at radius 1 is 1.32 bits per heavy atom. The summed E-state index contributed by atoms with van der Waals surface area (Å²) in [5.41, 5.74) is 13.5. The van der Waals surface area contributed by atoms with Gasteiger partial charge in [0.2, 0.25) is 17.8 Å². The first kappa shape index (κ1) is 17.3. The molecule has 7 heteroatoms. The van der Waals surface area contributed by atoms with E-state index in [2.05, 4.69) is 4.98 Å². The van der Waals surface area contributed by atoms with E-state index in [1.54, 1.807) is 16.5 Å². The van der Waals surface area contributed by atoms with Gasteiger partial charge < -0.3 is 20.9 Å². The van der Waals surface area contributed by atoms with Crippen LogP contribution in [0, 0.1) is 5.92 Å². The Hall–Kier alpha value is -2.57. The van der Waals surface area contributed by atoms with Crippen LogP contribution in [0.5, 0.6) is 0 Å². The quantitative estimate of drug-likeness (QED) is 0.836. The highest BCUT2D eigenvalue weighted by molar-refractivity contribution is 5.95. The summed E-state index contributed by atoms with van der Waals surface area (Å²) in [6.07, 6.45) is 5.57. The smallest absolute Gasteiger partial charge is 0.226 e. The Labute approximate surface area is 147 Å². The lowest BCUT2D eigenvalue weighted by atomic mass is 10.0. The molecule has 1 fully saturated rings. The largest absolute Gasteiger partial charge is 0.370 e. The Bertz CT molecular complexity index is 792. The van der Waals surface area contributed by atoms with Crippen LogP contribution in [0.25, 0.3) is 11.0 Å². The average Bonchev–Trinajstić information content (AvgIpc) is 3.18. The average molecular weight is 343 g/mol. The second-order valence-corrected chi connectivity index (χ2v) is 6.82. The maximum Gasteiger partial charge on any atom is 0.226 e. The molecule has 1 aliphatic rings. The van der Waals surface area contributed by atoms with Gasteiger partial charge in [-0.25, -0.2) is 4.98 Å². The monoisotopic (exact) mass is 343 g/mol. The Morgan fingerprint density at radius 2 is 2.04 bits per heavy atom. The number of amides is 2. The number of primary amides is 1. The van der Waals surface area contributed by atoms with E-state index in [4.69, 9.17) is 11.5 Å². The Balaban J connectivity index is 1.78. The number of imidazole rings is 1. The summed E-state index contributed by atoms with van der Waals surface area (Å²) >= 11 is 0. The molecule has 3 rings (SSSR count). The molecule has 0 radical (unpaired) electrons. The van der Waals surface area contributed by atoms with Gasteiger partial charge in [-0.1, -0.05) is 12.8 Å². The number of hydrogen-bond acceptors (Lipinski definition) is 4. The Morgan fingerprint density at radius 3 is 2.72 bits per heavy atom. The van der Waals surface area contributed by atoms with Crippen molar-refractivity contribution in [2.24, 2.45) is 11.7 Å². The maximum atomic E-state index is 12.5. The lowest BCUT2D eigenvalue weighted by Crippen LogP contribution is -2.27. The maximum absolute atomic E-state index is 12.5. The van der Waals surface area contributed by atoms with E-state index >= 15 is 0 Å². The number of nitrogens with zero attached hydrogens (tertiary/aromatic N) is 3. The molecule has 0 saturated heterocycles. The van der Waals surface area contributed by atoms with Crippen LogP contribution in [0.2, 0.25) is 0 Å². The van der Waals surface area contributed by atoms with E-state index in [1.165, 1.54) is 12.8 Å². The number of anilines is 2. The predicted octanol–water partition coefficient (Wildman–Crippen LogP) is 2.04. The van der Waals surface area contributed by atoms with E-state index in [9.17, 15) is 9.59 Å². The molecule has 134 valence electrons. The zero-order chi connectivity index (χ0) is 18.0. The zero-order valence-corrected chi connectivity index (χ0v) is 14.6. The van der Waals surface area contributed by atoms with Crippen LogP contribution in [-0.4, -0.2) is 28.4 Å². The fourth-order valence-corrected chi connectivity index (χ4v) is 3.54. The molecule has 1 aromatic carbocycles. The molecule has 0 unspecified atom stereocenters. The molecule has 2 amide bonds. The molecule has 1 heterocycles. The summed E-state index contributed by atoms with van der Waals surface area (Å²) in [6, 6.07) is 5.63. The van der Waals surface area contributed by atoms with Crippen LogP contribution in [0.1, 0.15) is 38.5 Å². The molecule has 4 N–H and O–H groups in total. The minimum Gasteiger partial charge on any atom is -0.370 e. The van der Waals surface area contributed by atoms with Crippen molar-refractivity contribution in [3.05, 3.63) is 18.2 Å².